The maximum absolute atomic E-state index is 10.1. The summed E-state index contributed by atoms with van der Waals surface area (Å²) in [4.78, 5) is 11.7. The maximum atomic E-state index is 10.1. The smallest absolute Gasteiger partial charge is 0.209 e. The highest BCUT2D eigenvalue weighted by atomic mass is 16.1. The van der Waals surface area contributed by atoms with E-state index in [1.165, 1.54) is 6.42 Å². The lowest BCUT2D eigenvalue weighted by atomic mass is 10.1. The number of nitrogens with zero attached hydrogens (tertiary/aromatic N) is 1. The quantitative estimate of drug-likeness (QED) is 0.516. The van der Waals surface area contributed by atoms with E-state index < -0.39 is 0 Å². The van der Waals surface area contributed by atoms with Gasteiger partial charge in [-0.3, -0.25) is 4.79 Å². The minimum Gasteiger partial charge on any atom is -0.347 e. The van der Waals surface area contributed by atoms with Crippen LogP contribution in [0.1, 0.15) is 6.42 Å². The SMILES string of the molecule is CN(C=O)CC1CCN1. The molecular formula is C6H12N2O. The first-order valence-electron chi connectivity index (χ1n) is 3.22. The van der Waals surface area contributed by atoms with E-state index in [2.05, 4.69) is 5.32 Å². The van der Waals surface area contributed by atoms with Gasteiger partial charge in [0.05, 0.1) is 0 Å². The minimum atomic E-state index is 0.556. The van der Waals surface area contributed by atoms with Crippen molar-refractivity contribution < 1.29 is 4.79 Å². The Morgan fingerprint density at radius 1 is 1.89 bits per heavy atom. The molecule has 1 heterocycles. The Morgan fingerprint density at radius 2 is 2.56 bits per heavy atom. The number of carbonyl (C=O) groups excluding carboxylic acids is 1. The van der Waals surface area contributed by atoms with Crippen molar-refractivity contribution in [3.63, 3.8) is 0 Å². The summed E-state index contributed by atoms with van der Waals surface area (Å²) in [6.07, 6.45) is 2.07. The summed E-state index contributed by atoms with van der Waals surface area (Å²) in [7, 11) is 1.80. The van der Waals surface area contributed by atoms with E-state index in [1.54, 1.807) is 11.9 Å². The molecule has 0 bridgehead atoms. The minimum absolute atomic E-state index is 0.556. The Hall–Kier alpha value is -0.570. The molecule has 0 spiro atoms. The topological polar surface area (TPSA) is 32.3 Å². The fourth-order valence-electron chi connectivity index (χ4n) is 0.895. The maximum Gasteiger partial charge on any atom is 0.209 e. The standard InChI is InChI=1S/C6H12N2O/c1-8(5-9)4-6-2-3-7-6/h5-7H,2-4H2,1H3. The summed E-state index contributed by atoms with van der Waals surface area (Å²) >= 11 is 0. The molecule has 1 fully saturated rings. The van der Waals surface area contributed by atoms with Crippen molar-refractivity contribution in [2.24, 2.45) is 0 Å². The van der Waals surface area contributed by atoms with Crippen LogP contribution in [-0.4, -0.2) is 37.5 Å². The van der Waals surface area contributed by atoms with Crippen LogP contribution in [0.25, 0.3) is 0 Å². The highest BCUT2D eigenvalue weighted by Crippen LogP contribution is 2.01. The summed E-state index contributed by atoms with van der Waals surface area (Å²) < 4.78 is 0. The third-order valence-electron chi connectivity index (χ3n) is 1.61. The number of likely N-dealkylation sites (N-methyl/N-ethyl adjacent to an activating group) is 1. The molecule has 3 nitrogen and oxygen atoms in total. The summed E-state index contributed by atoms with van der Waals surface area (Å²) in [6, 6.07) is 0.556. The molecule has 0 aromatic carbocycles. The van der Waals surface area contributed by atoms with Crippen molar-refractivity contribution >= 4 is 6.41 Å². The molecule has 1 aliphatic heterocycles. The number of hydrogen-bond donors (Lipinski definition) is 1. The van der Waals surface area contributed by atoms with Crippen LogP contribution in [0.4, 0.5) is 0 Å². The normalized spacial score (nSPS) is 24.8. The zero-order chi connectivity index (χ0) is 6.69. The molecule has 9 heavy (non-hydrogen) atoms. The van der Waals surface area contributed by atoms with E-state index in [0.717, 1.165) is 19.5 Å². The largest absolute Gasteiger partial charge is 0.347 e. The molecule has 1 N–H and O–H groups in total. The molecule has 1 unspecified atom stereocenters. The van der Waals surface area contributed by atoms with Gasteiger partial charge in [-0.05, 0) is 13.0 Å². The summed E-state index contributed by atoms with van der Waals surface area (Å²) in [5, 5.41) is 3.21. The van der Waals surface area contributed by atoms with Crippen molar-refractivity contribution in [2.75, 3.05) is 20.1 Å². The first-order chi connectivity index (χ1) is 4.33. The number of hydrogen-bond acceptors (Lipinski definition) is 2. The van der Waals surface area contributed by atoms with Crippen LogP contribution in [0, 0.1) is 0 Å². The second-order valence-electron chi connectivity index (χ2n) is 2.48. The van der Waals surface area contributed by atoms with Crippen LogP contribution < -0.4 is 5.32 Å². The van der Waals surface area contributed by atoms with Crippen molar-refractivity contribution in [2.45, 2.75) is 12.5 Å². The molecule has 0 aromatic rings. The molecule has 1 saturated heterocycles. The van der Waals surface area contributed by atoms with E-state index >= 15 is 0 Å². The predicted octanol–water partition coefficient (Wildman–Crippen LogP) is -0.563. The zero-order valence-corrected chi connectivity index (χ0v) is 5.63. The van der Waals surface area contributed by atoms with Gasteiger partial charge in [0.15, 0.2) is 0 Å². The van der Waals surface area contributed by atoms with Crippen LogP contribution in [-0.2, 0) is 4.79 Å². The van der Waals surface area contributed by atoms with Crippen molar-refractivity contribution in [1.29, 1.82) is 0 Å². The number of carbonyl (C=O) groups is 1. The van der Waals surface area contributed by atoms with Gasteiger partial charge in [0, 0.05) is 19.6 Å². The molecule has 0 radical (unpaired) electrons. The van der Waals surface area contributed by atoms with Gasteiger partial charge in [-0.15, -0.1) is 0 Å². The van der Waals surface area contributed by atoms with E-state index in [1.807, 2.05) is 0 Å². The molecule has 1 aliphatic rings. The third kappa shape index (κ3) is 1.68. The summed E-state index contributed by atoms with van der Waals surface area (Å²) in [6.45, 7) is 1.96. The Bertz CT molecular complexity index is 101. The molecule has 1 atom stereocenters. The van der Waals surface area contributed by atoms with Gasteiger partial charge in [-0.2, -0.15) is 0 Å². The van der Waals surface area contributed by atoms with Crippen LogP contribution in [0.5, 0.6) is 0 Å². The Kier molecular flexibility index (Phi) is 2.05. The van der Waals surface area contributed by atoms with Gasteiger partial charge in [-0.25, -0.2) is 0 Å². The Balaban J connectivity index is 2.08. The highest BCUT2D eigenvalue weighted by Gasteiger charge is 2.16. The Morgan fingerprint density at radius 3 is 2.89 bits per heavy atom. The average molecular weight is 128 g/mol. The predicted molar refractivity (Wildman–Crippen MR) is 35.1 cm³/mol. The van der Waals surface area contributed by atoms with E-state index in [-0.39, 0.29) is 0 Å². The van der Waals surface area contributed by atoms with Crippen LogP contribution in [0.3, 0.4) is 0 Å². The molecule has 52 valence electrons. The fraction of sp³-hybridized carbons (Fsp3) is 0.833. The number of nitrogens with one attached hydrogen (secondary N) is 1. The molecule has 0 aromatic heterocycles. The second-order valence-corrected chi connectivity index (χ2v) is 2.48. The highest BCUT2D eigenvalue weighted by molar-refractivity contribution is 5.46. The first kappa shape index (κ1) is 6.55. The van der Waals surface area contributed by atoms with Gasteiger partial charge in [-0.1, -0.05) is 0 Å². The molecule has 0 saturated carbocycles. The third-order valence-corrected chi connectivity index (χ3v) is 1.61. The summed E-state index contributed by atoms with van der Waals surface area (Å²) in [5.74, 6) is 0. The lowest BCUT2D eigenvalue weighted by Gasteiger charge is -2.29. The van der Waals surface area contributed by atoms with Crippen molar-refractivity contribution in [3.8, 4) is 0 Å². The molecule has 1 amide bonds. The van der Waals surface area contributed by atoms with Crippen molar-refractivity contribution in [3.05, 3.63) is 0 Å². The lowest BCUT2D eigenvalue weighted by molar-refractivity contribution is -0.117. The lowest BCUT2D eigenvalue weighted by Crippen LogP contribution is -2.49. The van der Waals surface area contributed by atoms with Crippen molar-refractivity contribution in [1.82, 2.24) is 10.2 Å². The monoisotopic (exact) mass is 128 g/mol. The number of rotatable bonds is 3. The second kappa shape index (κ2) is 2.82. The fourth-order valence-corrected chi connectivity index (χ4v) is 0.895. The average Bonchev–Trinajstić information content (AvgIpc) is 1.78. The summed E-state index contributed by atoms with van der Waals surface area (Å²) in [5.41, 5.74) is 0. The van der Waals surface area contributed by atoms with Gasteiger partial charge in [0.2, 0.25) is 6.41 Å². The Labute approximate surface area is 55.0 Å². The van der Waals surface area contributed by atoms with Gasteiger partial charge < -0.3 is 10.2 Å². The van der Waals surface area contributed by atoms with Gasteiger partial charge >= 0.3 is 0 Å². The van der Waals surface area contributed by atoms with Crippen LogP contribution in [0.2, 0.25) is 0 Å². The van der Waals surface area contributed by atoms with Gasteiger partial charge in [0.1, 0.15) is 0 Å². The number of amides is 1. The van der Waals surface area contributed by atoms with E-state index in [0.29, 0.717) is 6.04 Å². The molecule has 3 heteroatoms. The van der Waals surface area contributed by atoms with E-state index in [9.17, 15) is 4.79 Å². The molecular weight excluding hydrogens is 116 g/mol. The van der Waals surface area contributed by atoms with Gasteiger partial charge in [0.25, 0.3) is 0 Å². The molecule has 1 rings (SSSR count). The zero-order valence-electron chi connectivity index (χ0n) is 5.63. The van der Waals surface area contributed by atoms with Crippen LogP contribution in [0.15, 0.2) is 0 Å². The molecule has 0 aliphatic carbocycles. The first-order valence-corrected chi connectivity index (χ1v) is 3.22. The van der Waals surface area contributed by atoms with E-state index in [4.69, 9.17) is 0 Å². The van der Waals surface area contributed by atoms with Crippen LogP contribution >= 0.6 is 0 Å².